The van der Waals surface area contributed by atoms with Crippen LogP contribution in [-0.4, -0.2) is 38.6 Å². The number of fused-ring (bicyclic) bond motifs is 1. The van der Waals surface area contributed by atoms with Crippen molar-refractivity contribution in [3.05, 3.63) is 24.3 Å². The van der Waals surface area contributed by atoms with Crippen LogP contribution in [0.3, 0.4) is 0 Å². The summed E-state index contributed by atoms with van der Waals surface area (Å²) in [5.74, 6) is 0. The molecule has 5 nitrogen and oxygen atoms in total. The molecule has 0 bridgehead atoms. The van der Waals surface area contributed by atoms with E-state index in [1.165, 1.54) is 0 Å². The van der Waals surface area contributed by atoms with Crippen molar-refractivity contribution in [2.24, 2.45) is 0 Å². The summed E-state index contributed by atoms with van der Waals surface area (Å²) >= 11 is 0. The molecule has 1 aromatic heterocycles. The van der Waals surface area contributed by atoms with Crippen LogP contribution in [-0.2, 0) is 4.65 Å². The standard InChI is InChI=1S/C13H19BN2O3/c1-12(2,17)13(3,4)19-14(18)11-9-7-5-6-8-10(9)15-16-11/h5-8,17-18H,1-4H3,(H,15,16). The van der Waals surface area contributed by atoms with Crippen molar-refractivity contribution in [3.63, 3.8) is 0 Å². The number of aliphatic hydroxyl groups is 1. The third-order valence-corrected chi connectivity index (χ3v) is 3.62. The molecule has 0 radical (unpaired) electrons. The first-order valence-corrected chi connectivity index (χ1v) is 6.23. The zero-order valence-corrected chi connectivity index (χ0v) is 11.6. The second kappa shape index (κ2) is 4.63. The van der Waals surface area contributed by atoms with Gasteiger partial charge in [-0.05, 0) is 33.8 Å². The number of hydrogen-bond acceptors (Lipinski definition) is 4. The van der Waals surface area contributed by atoms with Crippen LogP contribution < -0.4 is 5.59 Å². The first-order valence-electron chi connectivity index (χ1n) is 6.23. The van der Waals surface area contributed by atoms with Gasteiger partial charge < -0.3 is 14.8 Å². The monoisotopic (exact) mass is 262 g/mol. The van der Waals surface area contributed by atoms with E-state index in [-0.39, 0.29) is 0 Å². The van der Waals surface area contributed by atoms with Crippen LogP contribution in [0.4, 0.5) is 0 Å². The quantitative estimate of drug-likeness (QED) is 0.713. The summed E-state index contributed by atoms with van der Waals surface area (Å²) < 4.78 is 5.59. The van der Waals surface area contributed by atoms with E-state index >= 15 is 0 Å². The molecule has 0 amide bonds. The Kier molecular flexibility index (Phi) is 3.42. The number of H-pyrrole nitrogens is 1. The Morgan fingerprint density at radius 3 is 2.47 bits per heavy atom. The van der Waals surface area contributed by atoms with E-state index in [9.17, 15) is 10.1 Å². The third-order valence-electron chi connectivity index (χ3n) is 3.62. The fourth-order valence-corrected chi connectivity index (χ4v) is 1.65. The maximum absolute atomic E-state index is 10.2. The highest BCUT2D eigenvalue weighted by atomic mass is 16.5. The molecule has 0 unspecified atom stereocenters. The molecule has 2 rings (SSSR count). The van der Waals surface area contributed by atoms with E-state index in [4.69, 9.17) is 4.65 Å². The van der Waals surface area contributed by atoms with Gasteiger partial charge in [0.1, 0.15) is 0 Å². The molecule has 6 heteroatoms. The lowest BCUT2D eigenvalue weighted by atomic mass is 9.79. The molecule has 0 atom stereocenters. The van der Waals surface area contributed by atoms with Crippen LogP contribution in [0.25, 0.3) is 10.9 Å². The summed E-state index contributed by atoms with van der Waals surface area (Å²) in [6.07, 6.45) is 0. The lowest BCUT2D eigenvalue weighted by Gasteiger charge is -2.38. The molecular formula is C13H19BN2O3. The van der Waals surface area contributed by atoms with Crippen molar-refractivity contribution >= 4 is 23.6 Å². The third kappa shape index (κ3) is 2.65. The van der Waals surface area contributed by atoms with Gasteiger partial charge >= 0.3 is 7.12 Å². The van der Waals surface area contributed by atoms with Crippen LogP contribution >= 0.6 is 0 Å². The van der Waals surface area contributed by atoms with Gasteiger partial charge in [0, 0.05) is 5.39 Å². The van der Waals surface area contributed by atoms with Gasteiger partial charge in [0.05, 0.1) is 22.3 Å². The van der Waals surface area contributed by atoms with Crippen molar-refractivity contribution in [1.82, 2.24) is 10.2 Å². The second-order valence-corrected chi connectivity index (χ2v) is 5.69. The topological polar surface area (TPSA) is 78.4 Å². The van der Waals surface area contributed by atoms with E-state index in [1.807, 2.05) is 24.3 Å². The first kappa shape index (κ1) is 14.1. The molecule has 0 aliphatic rings. The van der Waals surface area contributed by atoms with Gasteiger partial charge in [-0.3, -0.25) is 5.10 Å². The first-order chi connectivity index (χ1) is 8.72. The number of nitrogens with zero attached hydrogens (tertiary/aromatic N) is 1. The Bertz CT molecular complexity index is 575. The molecule has 3 N–H and O–H groups in total. The van der Waals surface area contributed by atoms with Crippen molar-refractivity contribution < 1.29 is 14.8 Å². The number of rotatable bonds is 4. The fraction of sp³-hybridized carbons (Fsp3) is 0.462. The predicted octanol–water partition coefficient (Wildman–Crippen LogP) is 0.816. The lowest BCUT2D eigenvalue weighted by Crippen LogP contribution is -2.53. The number of nitrogens with one attached hydrogen (secondary N) is 1. The molecule has 0 aliphatic carbocycles. The SMILES string of the molecule is CC(C)(O)C(C)(C)OB(O)c1[nH]nc2ccccc12. The molecule has 0 spiro atoms. The minimum atomic E-state index is -1.17. The molecule has 0 aliphatic heterocycles. The van der Waals surface area contributed by atoms with Gasteiger partial charge in [-0.2, -0.15) is 5.10 Å². The van der Waals surface area contributed by atoms with Gasteiger partial charge in [0.25, 0.3) is 0 Å². The van der Waals surface area contributed by atoms with E-state index < -0.39 is 18.3 Å². The van der Waals surface area contributed by atoms with Crippen LogP contribution in [0.5, 0.6) is 0 Å². The molecule has 2 aromatic rings. The summed E-state index contributed by atoms with van der Waals surface area (Å²) in [7, 11) is -1.17. The van der Waals surface area contributed by atoms with Gasteiger partial charge in [0.2, 0.25) is 0 Å². The average Bonchev–Trinajstić information content (AvgIpc) is 2.70. The van der Waals surface area contributed by atoms with Crippen LogP contribution in [0, 0.1) is 0 Å². The average molecular weight is 262 g/mol. The minimum absolute atomic E-state index is 0.493. The summed E-state index contributed by atoms with van der Waals surface area (Å²) in [6.45, 7) is 6.75. The normalized spacial score (nSPS) is 12.9. The largest absolute Gasteiger partial charge is 0.511 e. The van der Waals surface area contributed by atoms with Crippen LogP contribution in [0.2, 0.25) is 0 Å². The van der Waals surface area contributed by atoms with Crippen molar-refractivity contribution in [2.45, 2.75) is 38.9 Å². The van der Waals surface area contributed by atoms with Crippen LogP contribution in [0.1, 0.15) is 27.7 Å². The summed E-state index contributed by atoms with van der Waals surface area (Å²) in [5.41, 5.74) is -0.725. The van der Waals surface area contributed by atoms with E-state index in [0.29, 0.717) is 5.59 Å². The Morgan fingerprint density at radius 2 is 1.84 bits per heavy atom. The lowest BCUT2D eigenvalue weighted by molar-refractivity contribution is -0.0983. The zero-order valence-electron chi connectivity index (χ0n) is 11.6. The maximum atomic E-state index is 10.2. The summed E-state index contributed by atoms with van der Waals surface area (Å²) in [4.78, 5) is 0. The molecule has 1 heterocycles. The number of aromatic amines is 1. The van der Waals surface area contributed by atoms with Crippen molar-refractivity contribution in [3.8, 4) is 0 Å². The Hall–Kier alpha value is -1.37. The smallest absolute Gasteiger partial charge is 0.422 e. The Labute approximate surface area is 112 Å². The summed E-state index contributed by atoms with van der Waals surface area (Å²) in [6, 6.07) is 7.46. The molecule has 102 valence electrons. The molecule has 0 saturated carbocycles. The highest BCUT2D eigenvalue weighted by Gasteiger charge is 2.40. The number of aromatic nitrogens is 2. The van der Waals surface area contributed by atoms with E-state index in [0.717, 1.165) is 10.9 Å². The number of benzene rings is 1. The molecule has 1 aromatic carbocycles. The second-order valence-electron chi connectivity index (χ2n) is 5.69. The van der Waals surface area contributed by atoms with Gasteiger partial charge in [-0.1, -0.05) is 18.2 Å². The zero-order chi connectivity index (χ0) is 14.3. The van der Waals surface area contributed by atoms with Gasteiger partial charge in [-0.25, -0.2) is 0 Å². The Morgan fingerprint density at radius 1 is 1.21 bits per heavy atom. The van der Waals surface area contributed by atoms with E-state index in [1.54, 1.807) is 27.7 Å². The van der Waals surface area contributed by atoms with E-state index in [2.05, 4.69) is 10.2 Å². The van der Waals surface area contributed by atoms with Crippen LogP contribution in [0.15, 0.2) is 24.3 Å². The maximum Gasteiger partial charge on any atom is 0.511 e. The minimum Gasteiger partial charge on any atom is -0.422 e. The van der Waals surface area contributed by atoms with Crippen molar-refractivity contribution in [1.29, 1.82) is 0 Å². The summed E-state index contributed by atoms with van der Waals surface area (Å²) in [5, 5.41) is 27.9. The molecule has 19 heavy (non-hydrogen) atoms. The highest BCUT2D eigenvalue weighted by Crippen LogP contribution is 2.25. The highest BCUT2D eigenvalue weighted by molar-refractivity contribution is 6.62. The predicted molar refractivity (Wildman–Crippen MR) is 75.2 cm³/mol. The molecule has 0 saturated heterocycles. The molecular weight excluding hydrogens is 243 g/mol. The molecule has 0 fully saturated rings. The Balaban J connectivity index is 2.28. The number of hydrogen-bond donors (Lipinski definition) is 3. The van der Waals surface area contributed by atoms with Gasteiger partial charge in [0.15, 0.2) is 0 Å². The fourth-order valence-electron chi connectivity index (χ4n) is 1.65. The number of para-hydroxylation sites is 1. The van der Waals surface area contributed by atoms with Gasteiger partial charge in [-0.15, -0.1) is 0 Å². The van der Waals surface area contributed by atoms with Crippen molar-refractivity contribution in [2.75, 3.05) is 0 Å².